The number of aliphatic carboxylic acids is 1. The summed E-state index contributed by atoms with van der Waals surface area (Å²) in [5.74, 6) is -0.0200. The molecule has 86 valence electrons. The molecule has 15 heavy (non-hydrogen) atoms. The van der Waals surface area contributed by atoms with Crippen LogP contribution in [0, 0.1) is 0 Å². The molecular weight excluding hydrogens is 220 g/mol. The van der Waals surface area contributed by atoms with Crippen LogP contribution in [0.25, 0.3) is 0 Å². The van der Waals surface area contributed by atoms with Gasteiger partial charge in [-0.25, -0.2) is 4.79 Å². The number of aliphatic hydroxyl groups excluding tert-OH is 1. The van der Waals surface area contributed by atoms with E-state index >= 15 is 0 Å². The van der Waals surface area contributed by atoms with E-state index in [1.165, 1.54) is 0 Å². The summed E-state index contributed by atoms with van der Waals surface area (Å²) in [4.78, 5) is 22.1. The highest BCUT2D eigenvalue weighted by molar-refractivity contribution is 7.99. The predicted octanol–water partition coefficient (Wildman–Crippen LogP) is -1.75. The third kappa shape index (κ3) is 3.69. The maximum atomic E-state index is 11.5. The van der Waals surface area contributed by atoms with Crippen LogP contribution in [0.15, 0.2) is 0 Å². The van der Waals surface area contributed by atoms with Crippen molar-refractivity contribution in [2.75, 3.05) is 24.7 Å². The van der Waals surface area contributed by atoms with Crippen molar-refractivity contribution in [1.29, 1.82) is 0 Å². The number of carbonyl (C=O) groups excluding carboxylic acids is 1. The van der Waals surface area contributed by atoms with E-state index in [2.05, 4.69) is 10.6 Å². The fraction of sp³-hybridized carbons (Fsp3) is 0.750. The van der Waals surface area contributed by atoms with Gasteiger partial charge in [-0.1, -0.05) is 0 Å². The largest absolute Gasteiger partial charge is 0.480 e. The lowest BCUT2D eigenvalue weighted by molar-refractivity contribution is -0.143. The fourth-order valence-electron chi connectivity index (χ4n) is 1.19. The van der Waals surface area contributed by atoms with Crippen molar-refractivity contribution < 1.29 is 19.8 Å². The number of carbonyl (C=O) groups is 2. The topological polar surface area (TPSA) is 98.7 Å². The number of thioether (sulfide) groups is 1. The molecule has 1 amide bonds. The minimum absolute atomic E-state index is 0.364. The van der Waals surface area contributed by atoms with Gasteiger partial charge in [0.25, 0.3) is 0 Å². The lowest BCUT2D eigenvalue weighted by Crippen LogP contribution is -2.54. The molecule has 1 unspecified atom stereocenters. The molecule has 1 aliphatic rings. The first-order valence-electron chi connectivity index (χ1n) is 4.60. The van der Waals surface area contributed by atoms with Gasteiger partial charge in [-0.05, 0) is 0 Å². The normalized spacial score (nSPS) is 23.1. The van der Waals surface area contributed by atoms with Crippen molar-refractivity contribution in [3.05, 3.63) is 0 Å². The lowest BCUT2D eigenvalue weighted by Gasteiger charge is -2.23. The van der Waals surface area contributed by atoms with Crippen molar-refractivity contribution in [2.45, 2.75) is 12.1 Å². The minimum Gasteiger partial charge on any atom is -0.480 e. The molecule has 1 heterocycles. The molecule has 0 saturated carbocycles. The average molecular weight is 234 g/mol. The molecule has 0 aromatic carbocycles. The highest BCUT2D eigenvalue weighted by atomic mass is 32.2. The predicted molar refractivity (Wildman–Crippen MR) is 55.8 cm³/mol. The summed E-state index contributed by atoms with van der Waals surface area (Å²) in [6.07, 6.45) is 0. The maximum absolute atomic E-state index is 11.5. The zero-order valence-electron chi connectivity index (χ0n) is 8.10. The summed E-state index contributed by atoms with van der Waals surface area (Å²) in [5.41, 5.74) is 0. The first kappa shape index (κ1) is 12.3. The molecule has 7 heteroatoms. The summed E-state index contributed by atoms with van der Waals surface area (Å²) < 4.78 is 0. The van der Waals surface area contributed by atoms with Crippen LogP contribution in [0.1, 0.15) is 0 Å². The first-order chi connectivity index (χ1) is 7.15. The van der Waals surface area contributed by atoms with Crippen LogP contribution in [0.3, 0.4) is 0 Å². The monoisotopic (exact) mass is 234 g/mol. The van der Waals surface area contributed by atoms with Gasteiger partial charge < -0.3 is 20.8 Å². The van der Waals surface area contributed by atoms with E-state index in [9.17, 15) is 9.59 Å². The van der Waals surface area contributed by atoms with Crippen molar-refractivity contribution >= 4 is 23.6 Å². The summed E-state index contributed by atoms with van der Waals surface area (Å²) in [6.45, 7) is 0.139. The van der Waals surface area contributed by atoms with E-state index in [1.807, 2.05) is 0 Å². The molecule has 1 rings (SSSR count). The second-order valence-corrected chi connectivity index (χ2v) is 4.31. The number of nitrogens with one attached hydrogen (secondary N) is 2. The molecule has 0 spiro atoms. The average Bonchev–Trinajstić information content (AvgIpc) is 2.26. The van der Waals surface area contributed by atoms with Crippen LogP contribution in [0.5, 0.6) is 0 Å². The fourth-order valence-corrected chi connectivity index (χ4v) is 2.13. The number of rotatable bonds is 4. The summed E-state index contributed by atoms with van der Waals surface area (Å²) in [7, 11) is 0. The molecule has 1 aliphatic heterocycles. The molecule has 2 atom stereocenters. The number of aliphatic hydroxyl groups is 1. The van der Waals surface area contributed by atoms with Crippen LogP contribution in [0.4, 0.5) is 0 Å². The van der Waals surface area contributed by atoms with Crippen LogP contribution in [-0.2, 0) is 9.59 Å². The van der Waals surface area contributed by atoms with Crippen molar-refractivity contribution in [1.82, 2.24) is 10.6 Å². The molecule has 0 aromatic rings. The standard InChI is InChI=1S/C8H14N2O4S/c11-3-5(8(13)14)10-7(12)6-4-15-2-1-9-6/h5-6,9,11H,1-4H2,(H,10,12)(H,13,14)/t5-,6?/m0/s1. The lowest BCUT2D eigenvalue weighted by atomic mass is 10.2. The third-order valence-corrected chi connectivity index (χ3v) is 3.10. The Bertz CT molecular complexity index is 243. The molecular formula is C8H14N2O4S. The van der Waals surface area contributed by atoms with E-state index in [0.29, 0.717) is 5.75 Å². The van der Waals surface area contributed by atoms with Crippen molar-refractivity contribution in [2.24, 2.45) is 0 Å². The van der Waals surface area contributed by atoms with Gasteiger partial charge in [-0.2, -0.15) is 11.8 Å². The van der Waals surface area contributed by atoms with Gasteiger partial charge in [0.2, 0.25) is 5.91 Å². The number of hydrogen-bond donors (Lipinski definition) is 4. The molecule has 1 saturated heterocycles. The number of amides is 1. The van der Waals surface area contributed by atoms with Crippen molar-refractivity contribution in [3.8, 4) is 0 Å². The summed E-state index contributed by atoms with van der Waals surface area (Å²) >= 11 is 1.64. The number of carboxylic acids is 1. The van der Waals surface area contributed by atoms with Gasteiger partial charge >= 0.3 is 5.97 Å². The van der Waals surface area contributed by atoms with E-state index < -0.39 is 18.6 Å². The Morgan fingerprint density at radius 2 is 2.33 bits per heavy atom. The Balaban J connectivity index is 2.42. The second kappa shape index (κ2) is 5.94. The third-order valence-electron chi connectivity index (χ3n) is 2.04. The number of hydrogen-bond acceptors (Lipinski definition) is 5. The van der Waals surface area contributed by atoms with Crippen molar-refractivity contribution in [3.63, 3.8) is 0 Å². The van der Waals surface area contributed by atoms with Gasteiger partial charge in [0, 0.05) is 18.1 Å². The zero-order valence-corrected chi connectivity index (χ0v) is 8.92. The Kier molecular flexibility index (Phi) is 4.86. The highest BCUT2D eigenvalue weighted by Gasteiger charge is 2.25. The van der Waals surface area contributed by atoms with E-state index in [4.69, 9.17) is 10.2 Å². The van der Waals surface area contributed by atoms with Crippen LogP contribution < -0.4 is 10.6 Å². The molecule has 0 bridgehead atoms. The maximum Gasteiger partial charge on any atom is 0.328 e. The van der Waals surface area contributed by atoms with E-state index in [1.54, 1.807) is 11.8 Å². The van der Waals surface area contributed by atoms with Gasteiger partial charge in [0.05, 0.1) is 12.6 Å². The van der Waals surface area contributed by atoms with Gasteiger partial charge in [0.15, 0.2) is 0 Å². The number of carboxylic acid groups (broad SMARTS) is 1. The van der Waals surface area contributed by atoms with Crippen LogP contribution in [0.2, 0.25) is 0 Å². The van der Waals surface area contributed by atoms with Gasteiger partial charge in [0.1, 0.15) is 6.04 Å². The molecule has 0 aromatic heterocycles. The minimum atomic E-state index is -1.23. The zero-order chi connectivity index (χ0) is 11.3. The van der Waals surface area contributed by atoms with Gasteiger partial charge in [-0.15, -0.1) is 0 Å². The van der Waals surface area contributed by atoms with Gasteiger partial charge in [-0.3, -0.25) is 4.79 Å². The SMILES string of the molecule is O=C(N[C@@H](CO)C(=O)O)C1CSCCN1. The second-order valence-electron chi connectivity index (χ2n) is 3.16. The highest BCUT2D eigenvalue weighted by Crippen LogP contribution is 2.07. The van der Waals surface area contributed by atoms with Crippen LogP contribution in [-0.4, -0.2) is 58.8 Å². The molecule has 0 radical (unpaired) electrons. The van der Waals surface area contributed by atoms with Crippen LogP contribution >= 0.6 is 11.8 Å². The Labute approximate surface area is 91.4 Å². The molecule has 1 fully saturated rings. The Morgan fingerprint density at radius 3 is 2.80 bits per heavy atom. The quantitative estimate of drug-likeness (QED) is 0.460. The van der Waals surface area contributed by atoms with E-state index in [-0.39, 0.29) is 11.9 Å². The summed E-state index contributed by atoms with van der Waals surface area (Å²) in [6, 6.07) is -1.58. The first-order valence-corrected chi connectivity index (χ1v) is 5.75. The van der Waals surface area contributed by atoms with E-state index in [0.717, 1.165) is 12.3 Å². The smallest absolute Gasteiger partial charge is 0.328 e. The molecule has 4 N–H and O–H groups in total. The molecule has 6 nitrogen and oxygen atoms in total. The molecule has 0 aliphatic carbocycles. The Morgan fingerprint density at radius 1 is 1.60 bits per heavy atom. The Hall–Kier alpha value is -0.790. The summed E-state index contributed by atoms with van der Waals surface area (Å²) in [5, 5.41) is 22.6.